The Morgan fingerprint density at radius 1 is 0.400 bits per heavy atom. The summed E-state index contributed by atoms with van der Waals surface area (Å²) >= 11 is 0. The summed E-state index contributed by atoms with van der Waals surface area (Å²) in [5.41, 5.74) is 4.84. The molecule has 196 valence electrons. The standard InChI is InChI=1S/C38H33OP/c1-5-15-32(16-6-1)33-27-25-31(26-28-33)29-39-38-24-14-13-17-34(38)30-40(35-18-7-2-8-19-35,36-20-9-3-10-21-36)37-22-11-4-12-23-37/h1-28,40H,29-30H2. The molecule has 0 amide bonds. The van der Waals surface area contributed by atoms with Gasteiger partial charge in [0, 0.05) is 0 Å². The third-order valence-electron chi connectivity index (χ3n) is 7.68. The minimum absolute atomic E-state index is 0.530. The number of para-hydroxylation sites is 1. The predicted molar refractivity (Wildman–Crippen MR) is 173 cm³/mol. The van der Waals surface area contributed by atoms with E-state index in [2.05, 4.69) is 164 Å². The topological polar surface area (TPSA) is 9.23 Å². The summed E-state index contributed by atoms with van der Waals surface area (Å²) in [6.45, 7) is 0.530. The van der Waals surface area contributed by atoms with Gasteiger partial charge >= 0.3 is 232 Å². The molecule has 40 heavy (non-hydrogen) atoms. The summed E-state index contributed by atoms with van der Waals surface area (Å²) in [7, 11) is -2.43. The third-order valence-corrected chi connectivity index (χ3v) is 12.6. The average molecular weight is 537 g/mol. The van der Waals surface area contributed by atoms with Gasteiger partial charge in [-0.05, 0) is 0 Å². The Morgan fingerprint density at radius 2 is 0.825 bits per heavy atom. The van der Waals surface area contributed by atoms with E-state index >= 15 is 0 Å². The normalized spacial score (nSPS) is 11.6. The van der Waals surface area contributed by atoms with Gasteiger partial charge in [-0.3, -0.25) is 0 Å². The van der Waals surface area contributed by atoms with Crippen LogP contribution in [0.2, 0.25) is 0 Å². The predicted octanol–water partition coefficient (Wildman–Crippen LogP) is 8.16. The van der Waals surface area contributed by atoms with E-state index in [-0.39, 0.29) is 0 Å². The van der Waals surface area contributed by atoms with Crippen LogP contribution in [0.3, 0.4) is 0 Å². The van der Waals surface area contributed by atoms with Crippen molar-refractivity contribution in [3.05, 3.63) is 181 Å². The zero-order chi connectivity index (χ0) is 27.0. The second kappa shape index (κ2) is 12.2. The fourth-order valence-corrected chi connectivity index (χ4v) is 10.4. The summed E-state index contributed by atoms with van der Waals surface area (Å²) in [5, 5.41) is 4.20. The van der Waals surface area contributed by atoms with Gasteiger partial charge in [-0.25, -0.2) is 0 Å². The van der Waals surface area contributed by atoms with E-state index in [0.29, 0.717) is 6.61 Å². The van der Waals surface area contributed by atoms with Gasteiger partial charge in [-0.15, -0.1) is 0 Å². The molecule has 0 aliphatic heterocycles. The first-order valence-electron chi connectivity index (χ1n) is 13.8. The molecule has 0 N–H and O–H groups in total. The molecule has 0 saturated carbocycles. The molecule has 0 aliphatic carbocycles. The number of rotatable bonds is 9. The molecule has 0 heterocycles. The van der Waals surface area contributed by atoms with Gasteiger partial charge in [-0.1, -0.05) is 6.07 Å². The molecule has 0 aliphatic rings. The molecule has 0 radical (unpaired) electrons. The van der Waals surface area contributed by atoms with Gasteiger partial charge in [0.2, 0.25) is 0 Å². The van der Waals surface area contributed by atoms with Crippen molar-refractivity contribution in [2.24, 2.45) is 0 Å². The molecule has 0 spiro atoms. The number of ether oxygens (including phenoxy) is 1. The molecule has 6 aromatic carbocycles. The fourth-order valence-electron chi connectivity index (χ4n) is 5.64. The van der Waals surface area contributed by atoms with Crippen LogP contribution in [0.1, 0.15) is 11.1 Å². The van der Waals surface area contributed by atoms with Gasteiger partial charge in [-0.2, -0.15) is 0 Å². The van der Waals surface area contributed by atoms with Gasteiger partial charge in [0.15, 0.2) is 0 Å². The van der Waals surface area contributed by atoms with Gasteiger partial charge in [0.05, 0.1) is 0 Å². The van der Waals surface area contributed by atoms with Gasteiger partial charge in [0.25, 0.3) is 0 Å². The van der Waals surface area contributed by atoms with E-state index in [9.17, 15) is 0 Å². The van der Waals surface area contributed by atoms with Crippen molar-refractivity contribution in [2.75, 3.05) is 0 Å². The van der Waals surface area contributed by atoms with E-state index in [0.717, 1.165) is 17.5 Å². The van der Waals surface area contributed by atoms with Crippen molar-refractivity contribution in [1.82, 2.24) is 0 Å². The molecule has 0 fully saturated rings. The van der Waals surface area contributed by atoms with Crippen LogP contribution in [-0.4, -0.2) is 0 Å². The number of hydrogen-bond donors (Lipinski definition) is 0. The van der Waals surface area contributed by atoms with Crippen LogP contribution in [0.4, 0.5) is 0 Å². The van der Waals surface area contributed by atoms with Crippen LogP contribution >= 0.6 is 7.26 Å². The van der Waals surface area contributed by atoms with E-state index in [1.54, 1.807) is 0 Å². The maximum atomic E-state index is 6.54. The zero-order valence-corrected chi connectivity index (χ0v) is 23.5. The van der Waals surface area contributed by atoms with Crippen molar-refractivity contribution in [3.63, 3.8) is 0 Å². The maximum absolute atomic E-state index is 6.54. The van der Waals surface area contributed by atoms with Crippen LogP contribution < -0.4 is 20.7 Å². The molecule has 6 aromatic rings. The van der Waals surface area contributed by atoms with Crippen LogP contribution in [0.5, 0.6) is 5.75 Å². The number of hydrogen-bond acceptors (Lipinski definition) is 1. The molecule has 6 rings (SSSR count). The Morgan fingerprint density at radius 3 is 1.35 bits per heavy atom. The molecule has 0 unspecified atom stereocenters. The fraction of sp³-hybridized carbons (Fsp3) is 0.0526. The Balaban J connectivity index is 1.35. The van der Waals surface area contributed by atoms with Crippen molar-refractivity contribution < 1.29 is 4.74 Å². The van der Waals surface area contributed by atoms with Crippen LogP contribution in [0.15, 0.2) is 170 Å². The Hall–Kier alpha value is -4.45. The van der Waals surface area contributed by atoms with Crippen molar-refractivity contribution in [2.45, 2.75) is 12.8 Å². The van der Waals surface area contributed by atoms with Crippen molar-refractivity contribution in [1.29, 1.82) is 0 Å². The minimum atomic E-state index is -2.43. The summed E-state index contributed by atoms with van der Waals surface area (Å²) in [6.07, 6.45) is 0.911. The quantitative estimate of drug-likeness (QED) is 0.169. The van der Waals surface area contributed by atoms with Gasteiger partial charge in [0.1, 0.15) is 0 Å². The van der Waals surface area contributed by atoms with E-state index in [1.807, 2.05) is 6.07 Å². The third kappa shape index (κ3) is 5.48. The molecule has 1 nitrogen and oxygen atoms in total. The molecule has 0 saturated heterocycles. The van der Waals surface area contributed by atoms with Gasteiger partial charge < -0.3 is 0 Å². The Bertz CT molecular complexity index is 1530. The summed E-state index contributed by atoms with van der Waals surface area (Å²) in [4.78, 5) is 0. The van der Waals surface area contributed by atoms with E-state index in [4.69, 9.17) is 4.74 Å². The van der Waals surface area contributed by atoms with E-state index < -0.39 is 7.26 Å². The second-order valence-corrected chi connectivity index (χ2v) is 14.0. The zero-order valence-electron chi connectivity index (χ0n) is 22.5. The SMILES string of the molecule is c1ccc(-c2ccc(COc3ccccc3C[PH](c3ccccc3)(c3ccccc3)c3ccccc3)cc2)cc1. The Labute approximate surface area is 238 Å². The first kappa shape index (κ1) is 25.8. The number of benzene rings is 6. The first-order chi connectivity index (χ1) is 19.8. The second-order valence-electron chi connectivity index (χ2n) is 10.1. The molecule has 0 aromatic heterocycles. The summed E-state index contributed by atoms with van der Waals surface area (Å²) in [6, 6.07) is 61.0. The summed E-state index contributed by atoms with van der Waals surface area (Å²) < 4.78 is 6.54. The average Bonchev–Trinajstić information content (AvgIpc) is 3.05. The van der Waals surface area contributed by atoms with Crippen molar-refractivity contribution >= 4 is 23.2 Å². The molecular formula is C38H33OP. The molecule has 0 bridgehead atoms. The van der Waals surface area contributed by atoms with Crippen LogP contribution in [-0.2, 0) is 12.8 Å². The summed E-state index contributed by atoms with van der Waals surface area (Å²) in [5.74, 6) is 0.953. The molecular weight excluding hydrogens is 503 g/mol. The monoisotopic (exact) mass is 536 g/mol. The first-order valence-corrected chi connectivity index (χ1v) is 16.1. The molecule has 0 atom stereocenters. The van der Waals surface area contributed by atoms with Crippen LogP contribution in [0.25, 0.3) is 11.1 Å². The molecule has 2 heteroatoms. The Kier molecular flexibility index (Phi) is 7.85. The van der Waals surface area contributed by atoms with Crippen molar-refractivity contribution in [3.8, 4) is 16.9 Å². The van der Waals surface area contributed by atoms with Crippen LogP contribution in [0, 0.1) is 0 Å². The van der Waals surface area contributed by atoms with E-state index in [1.165, 1.54) is 32.6 Å².